The molecule has 0 aliphatic heterocycles. The van der Waals surface area contributed by atoms with Gasteiger partial charge in [-0.15, -0.1) is 11.3 Å². The van der Waals surface area contributed by atoms with Crippen molar-refractivity contribution >= 4 is 40.6 Å². The van der Waals surface area contributed by atoms with Gasteiger partial charge in [-0.2, -0.15) is 0 Å². The molecule has 0 spiro atoms. The number of rotatable bonds is 7. The molecule has 0 fully saturated rings. The molecule has 6 nitrogen and oxygen atoms in total. The fraction of sp³-hybridized carbons (Fsp3) is 0.130. The van der Waals surface area contributed by atoms with Crippen LogP contribution >= 0.6 is 11.3 Å². The molecule has 2 aromatic carbocycles. The van der Waals surface area contributed by atoms with Crippen LogP contribution in [0, 0.1) is 6.92 Å². The zero-order chi connectivity index (χ0) is 21.5. The Bertz CT molecular complexity index is 1020. The molecule has 2 amide bonds. The summed E-state index contributed by atoms with van der Waals surface area (Å²) in [5.41, 5.74) is 0.917. The topological polar surface area (TPSA) is 76.7 Å². The summed E-state index contributed by atoms with van der Waals surface area (Å²) in [5.74, 6) is -0.0829. The number of benzene rings is 2. The van der Waals surface area contributed by atoms with Crippen molar-refractivity contribution < 1.29 is 19.1 Å². The average Bonchev–Trinajstić information content (AvgIpc) is 3.17. The Morgan fingerprint density at radius 3 is 1.73 bits per heavy atom. The molecule has 0 unspecified atom stereocenters. The standard InChI is InChI=1S/C23H22N2O4S/c1-15-12-13-16(30-15)14-17(22(26)24-18-8-4-6-10-20(18)28-2)23(27)25-19-9-5-7-11-21(19)29-3/h4-14H,1-3H3,(H,24,26)(H,25,27). The zero-order valence-corrected chi connectivity index (χ0v) is 17.7. The van der Waals surface area contributed by atoms with Gasteiger partial charge in [-0.25, -0.2) is 0 Å². The molecule has 30 heavy (non-hydrogen) atoms. The van der Waals surface area contributed by atoms with Gasteiger partial charge in [0.05, 0.1) is 25.6 Å². The summed E-state index contributed by atoms with van der Waals surface area (Å²) in [7, 11) is 3.04. The molecule has 7 heteroatoms. The highest BCUT2D eigenvalue weighted by Gasteiger charge is 2.21. The summed E-state index contributed by atoms with van der Waals surface area (Å²) in [5, 5.41) is 5.53. The monoisotopic (exact) mass is 422 g/mol. The molecular weight excluding hydrogens is 400 g/mol. The van der Waals surface area contributed by atoms with Gasteiger partial charge in [0.1, 0.15) is 17.1 Å². The third kappa shape index (κ3) is 5.07. The van der Waals surface area contributed by atoms with E-state index < -0.39 is 11.8 Å². The Balaban J connectivity index is 1.93. The molecule has 0 aliphatic rings. The lowest BCUT2D eigenvalue weighted by Crippen LogP contribution is -2.25. The van der Waals surface area contributed by atoms with E-state index >= 15 is 0 Å². The molecule has 0 aliphatic carbocycles. The number of para-hydroxylation sites is 4. The van der Waals surface area contributed by atoms with Gasteiger partial charge in [0.25, 0.3) is 11.8 Å². The van der Waals surface area contributed by atoms with Crippen molar-refractivity contribution in [2.24, 2.45) is 0 Å². The van der Waals surface area contributed by atoms with E-state index in [1.54, 1.807) is 54.6 Å². The maximum Gasteiger partial charge on any atom is 0.261 e. The van der Waals surface area contributed by atoms with E-state index in [2.05, 4.69) is 10.6 Å². The number of amides is 2. The van der Waals surface area contributed by atoms with Gasteiger partial charge in [0.15, 0.2) is 0 Å². The van der Waals surface area contributed by atoms with Crippen LogP contribution in [0.3, 0.4) is 0 Å². The summed E-state index contributed by atoms with van der Waals surface area (Å²) >= 11 is 1.49. The summed E-state index contributed by atoms with van der Waals surface area (Å²) in [6, 6.07) is 17.8. The third-order valence-electron chi connectivity index (χ3n) is 4.25. The molecule has 0 atom stereocenters. The molecule has 1 aromatic heterocycles. The van der Waals surface area contributed by atoms with Gasteiger partial charge in [-0.3, -0.25) is 9.59 Å². The van der Waals surface area contributed by atoms with Crippen molar-refractivity contribution in [3.8, 4) is 11.5 Å². The molecule has 0 bridgehead atoms. The molecule has 3 aromatic rings. The number of hydrogen-bond donors (Lipinski definition) is 2. The van der Waals surface area contributed by atoms with Crippen molar-refractivity contribution in [3.05, 3.63) is 76.0 Å². The van der Waals surface area contributed by atoms with E-state index in [1.807, 2.05) is 19.1 Å². The summed E-state index contributed by atoms with van der Waals surface area (Å²) in [4.78, 5) is 28.0. The number of methoxy groups -OCH3 is 2. The number of nitrogens with one attached hydrogen (secondary N) is 2. The largest absolute Gasteiger partial charge is 0.495 e. The number of thiophene rings is 1. The Morgan fingerprint density at radius 2 is 1.30 bits per heavy atom. The first-order valence-corrected chi connectivity index (χ1v) is 10.0. The first-order chi connectivity index (χ1) is 14.5. The number of aryl methyl sites for hydroxylation is 1. The first kappa shape index (κ1) is 21.1. The predicted octanol–water partition coefficient (Wildman–Crippen LogP) is 4.73. The van der Waals surface area contributed by atoms with E-state index in [1.165, 1.54) is 25.6 Å². The minimum Gasteiger partial charge on any atom is -0.495 e. The second-order valence-corrected chi connectivity index (χ2v) is 7.63. The smallest absolute Gasteiger partial charge is 0.261 e. The lowest BCUT2D eigenvalue weighted by atomic mass is 10.1. The van der Waals surface area contributed by atoms with E-state index in [4.69, 9.17) is 9.47 Å². The van der Waals surface area contributed by atoms with Gasteiger partial charge in [-0.1, -0.05) is 24.3 Å². The van der Waals surface area contributed by atoms with Crippen LogP contribution in [0.25, 0.3) is 6.08 Å². The molecule has 1 heterocycles. The van der Waals surface area contributed by atoms with Crippen LogP contribution < -0.4 is 20.1 Å². The van der Waals surface area contributed by atoms with Gasteiger partial charge in [0.2, 0.25) is 0 Å². The molecule has 0 saturated carbocycles. The average molecular weight is 423 g/mol. The third-order valence-corrected chi connectivity index (χ3v) is 5.20. The maximum atomic E-state index is 13.1. The number of carbonyl (C=O) groups excluding carboxylic acids is 2. The van der Waals surface area contributed by atoms with E-state index in [9.17, 15) is 9.59 Å². The Labute approximate surface area is 179 Å². The summed E-state index contributed by atoms with van der Waals surface area (Å²) in [6.07, 6.45) is 1.58. The number of ether oxygens (including phenoxy) is 2. The van der Waals surface area contributed by atoms with Gasteiger partial charge < -0.3 is 20.1 Å². The summed E-state index contributed by atoms with van der Waals surface area (Å²) < 4.78 is 10.6. The lowest BCUT2D eigenvalue weighted by Gasteiger charge is -2.13. The number of hydrogen-bond acceptors (Lipinski definition) is 5. The lowest BCUT2D eigenvalue weighted by molar-refractivity contribution is -0.118. The van der Waals surface area contributed by atoms with Crippen molar-refractivity contribution in [3.63, 3.8) is 0 Å². The van der Waals surface area contributed by atoms with E-state index in [-0.39, 0.29) is 5.57 Å². The second kappa shape index (κ2) is 9.76. The zero-order valence-electron chi connectivity index (χ0n) is 16.9. The molecule has 2 N–H and O–H groups in total. The fourth-order valence-corrected chi connectivity index (χ4v) is 3.60. The summed E-state index contributed by atoms with van der Waals surface area (Å²) in [6.45, 7) is 1.96. The number of anilines is 2. The van der Waals surface area contributed by atoms with Gasteiger partial charge >= 0.3 is 0 Å². The molecular formula is C23H22N2O4S. The van der Waals surface area contributed by atoms with Crippen LogP contribution in [0.2, 0.25) is 0 Å². The highest BCUT2D eigenvalue weighted by molar-refractivity contribution is 7.12. The molecule has 0 saturated heterocycles. The fourth-order valence-electron chi connectivity index (χ4n) is 2.78. The quantitative estimate of drug-likeness (QED) is 0.328. The SMILES string of the molecule is COc1ccccc1NC(=O)C(=Cc1ccc(C)s1)C(=O)Nc1ccccc1OC. The minimum absolute atomic E-state index is 0.0336. The minimum atomic E-state index is -0.544. The number of carbonyl (C=O) groups is 2. The highest BCUT2D eigenvalue weighted by atomic mass is 32.1. The Morgan fingerprint density at radius 1 is 0.800 bits per heavy atom. The highest BCUT2D eigenvalue weighted by Crippen LogP contribution is 2.27. The molecule has 3 rings (SSSR count). The van der Waals surface area contributed by atoms with Crippen LogP contribution in [0.15, 0.2) is 66.2 Å². The van der Waals surface area contributed by atoms with Crippen molar-refractivity contribution in [1.29, 1.82) is 0 Å². The van der Waals surface area contributed by atoms with Gasteiger partial charge in [-0.05, 0) is 49.4 Å². The molecule has 0 radical (unpaired) electrons. The van der Waals surface area contributed by atoms with Crippen LogP contribution in [0.1, 0.15) is 9.75 Å². The van der Waals surface area contributed by atoms with Crippen LogP contribution in [-0.2, 0) is 9.59 Å². The van der Waals surface area contributed by atoms with E-state index in [0.717, 1.165) is 9.75 Å². The van der Waals surface area contributed by atoms with Crippen molar-refractivity contribution in [2.75, 3.05) is 24.9 Å². The van der Waals surface area contributed by atoms with Crippen LogP contribution in [0.4, 0.5) is 11.4 Å². The first-order valence-electron chi connectivity index (χ1n) is 9.18. The van der Waals surface area contributed by atoms with Crippen molar-refractivity contribution in [1.82, 2.24) is 0 Å². The van der Waals surface area contributed by atoms with Crippen molar-refractivity contribution in [2.45, 2.75) is 6.92 Å². The predicted molar refractivity (Wildman–Crippen MR) is 120 cm³/mol. The Kier molecular flexibility index (Phi) is 6.87. The maximum absolute atomic E-state index is 13.1. The van der Waals surface area contributed by atoms with Gasteiger partial charge in [0, 0.05) is 9.75 Å². The van der Waals surface area contributed by atoms with Crippen LogP contribution in [0.5, 0.6) is 11.5 Å². The molecule has 154 valence electrons. The normalized spacial score (nSPS) is 10.1. The second-order valence-electron chi connectivity index (χ2n) is 6.32. The Hall–Kier alpha value is -3.58. The van der Waals surface area contributed by atoms with Crippen LogP contribution in [-0.4, -0.2) is 26.0 Å². The van der Waals surface area contributed by atoms with E-state index in [0.29, 0.717) is 22.9 Å².